The zero-order valence-electron chi connectivity index (χ0n) is 10.0. The van der Waals surface area contributed by atoms with Crippen molar-refractivity contribution in [3.63, 3.8) is 0 Å². The number of rotatable bonds is 1. The lowest BCUT2D eigenvalue weighted by Crippen LogP contribution is -1.95. The lowest BCUT2D eigenvalue weighted by molar-refractivity contribution is 0.354. The van der Waals surface area contributed by atoms with Crippen LogP contribution in [0, 0.1) is 0 Å². The van der Waals surface area contributed by atoms with Crippen molar-refractivity contribution in [1.82, 2.24) is 5.16 Å². The molecule has 0 saturated heterocycles. The Labute approximate surface area is 117 Å². The highest BCUT2D eigenvalue weighted by molar-refractivity contribution is 9.10. The summed E-state index contributed by atoms with van der Waals surface area (Å²) in [7, 11) is 0. The van der Waals surface area contributed by atoms with E-state index in [9.17, 15) is 0 Å². The van der Waals surface area contributed by atoms with Gasteiger partial charge in [0.15, 0.2) is 0 Å². The van der Waals surface area contributed by atoms with Gasteiger partial charge in [-0.2, -0.15) is 0 Å². The number of aromatic nitrogens is 1. The monoisotopic (exact) mass is 322 g/mol. The van der Waals surface area contributed by atoms with E-state index < -0.39 is 0 Å². The summed E-state index contributed by atoms with van der Waals surface area (Å²) in [6.07, 6.45) is 3.34. The molecule has 0 bridgehead atoms. The Morgan fingerprint density at radius 2 is 1.84 bits per heavy atom. The molecule has 2 aromatic rings. The minimum absolute atomic E-state index is 0.314. The number of hydrogen-bond acceptors (Lipinski definition) is 5. The molecule has 0 fully saturated rings. The zero-order chi connectivity index (χ0) is 13.0. The van der Waals surface area contributed by atoms with Crippen LogP contribution in [0.15, 0.2) is 15.2 Å². The van der Waals surface area contributed by atoms with Crippen LogP contribution < -0.4 is 15.2 Å². The fourth-order valence-electron chi connectivity index (χ4n) is 2.77. The van der Waals surface area contributed by atoms with Gasteiger partial charge in [0, 0.05) is 29.5 Å². The van der Waals surface area contributed by atoms with Crippen molar-refractivity contribution in [2.75, 3.05) is 18.9 Å². The van der Waals surface area contributed by atoms with Crippen LogP contribution in [0.5, 0.6) is 11.5 Å². The van der Waals surface area contributed by atoms with Crippen LogP contribution in [0.4, 0.5) is 5.88 Å². The van der Waals surface area contributed by atoms with Gasteiger partial charge in [-0.1, -0.05) is 5.16 Å². The number of benzene rings is 1. The van der Waals surface area contributed by atoms with Crippen molar-refractivity contribution >= 4 is 21.8 Å². The number of fused-ring (bicyclic) bond motifs is 2. The maximum Gasteiger partial charge on any atom is 0.230 e. The summed E-state index contributed by atoms with van der Waals surface area (Å²) >= 11 is 3.62. The van der Waals surface area contributed by atoms with Gasteiger partial charge < -0.3 is 19.7 Å². The van der Waals surface area contributed by atoms with Crippen LogP contribution in [-0.2, 0) is 12.8 Å². The normalized spacial score (nSPS) is 15.8. The molecule has 0 aliphatic carbocycles. The Morgan fingerprint density at radius 3 is 2.58 bits per heavy atom. The first-order chi connectivity index (χ1) is 9.27. The predicted molar refractivity (Wildman–Crippen MR) is 72.4 cm³/mol. The molecule has 1 aromatic heterocycles. The molecule has 0 amide bonds. The summed E-state index contributed by atoms with van der Waals surface area (Å²) in [5.74, 6) is 2.10. The van der Waals surface area contributed by atoms with Crippen molar-refractivity contribution in [1.29, 1.82) is 0 Å². The Bertz CT molecular complexity index is 646. The Hall–Kier alpha value is -1.69. The largest absolute Gasteiger partial charge is 0.492 e. The second kappa shape index (κ2) is 3.90. The topological polar surface area (TPSA) is 70.5 Å². The van der Waals surface area contributed by atoms with Crippen LogP contribution in [-0.4, -0.2) is 18.4 Å². The molecule has 0 atom stereocenters. The first-order valence-corrected chi connectivity index (χ1v) is 6.90. The molecule has 4 rings (SSSR count). The van der Waals surface area contributed by atoms with Gasteiger partial charge in [-0.3, -0.25) is 0 Å². The molecule has 6 heteroatoms. The van der Waals surface area contributed by atoms with E-state index in [2.05, 4.69) is 21.1 Å². The second-order valence-corrected chi connectivity index (χ2v) is 5.40. The molecule has 0 radical (unpaired) electrons. The summed E-state index contributed by atoms with van der Waals surface area (Å²) < 4.78 is 17.5. The van der Waals surface area contributed by atoms with Gasteiger partial charge >= 0.3 is 0 Å². The van der Waals surface area contributed by atoms with E-state index in [0.29, 0.717) is 19.1 Å². The molecule has 98 valence electrons. The number of anilines is 1. The van der Waals surface area contributed by atoms with Gasteiger partial charge in [0.05, 0.1) is 29.4 Å². The summed E-state index contributed by atoms with van der Waals surface area (Å²) in [6.45, 7) is 1.35. The first kappa shape index (κ1) is 11.2. The third kappa shape index (κ3) is 1.43. The molecule has 0 spiro atoms. The Balaban J connectivity index is 2.08. The Kier molecular flexibility index (Phi) is 2.29. The number of nitrogens with two attached hydrogens (primary N) is 1. The van der Waals surface area contributed by atoms with E-state index in [1.807, 2.05) is 0 Å². The highest BCUT2D eigenvalue weighted by atomic mass is 79.9. The van der Waals surface area contributed by atoms with E-state index in [1.54, 1.807) is 6.20 Å². The first-order valence-electron chi connectivity index (χ1n) is 6.10. The molecule has 0 saturated carbocycles. The van der Waals surface area contributed by atoms with Crippen LogP contribution in [0.3, 0.4) is 0 Å². The van der Waals surface area contributed by atoms with Gasteiger partial charge in [-0.15, -0.1) is 0 Å². The zero-order valence-corrected chi connectivity index (χ0v) is 11.6. The minimum Gasteiger partial charge on any atom is -0.492 e. The third-order valence-corrected chi connectivity index (χ3v) is 4.44. The highest BCUT2D eigenvalue weighted by Crippen LogP contribution is 2.51. The van der Waals surface area contributed by atoms with Crippen LogP contribution >= 0.6 is 15.9 Å². The van der Waals surface area contributed by atoms with Crippen LogP contribution in [0.1, 0.15) is 11.1 Å². The van der Waals surface area contributed by atoms with Crippen molar-refractivity contribution in [2.24, 2.45) is 0 Å². The SMILES string of the molecule is Nc1oncc1-c1c2c(c(Br)c3c1OCC3)OCC2. The fraction of sp³-hybridized carbons (Fsp3) is 0.308. The maximum absolute atomic E-state index is 5.86. The lowest BCUT2D eigenvalue weighted by Gasteiger charge is -2.13. The molecule has 0 unspecified atom stereocenters. The van der Waals surface area contributed by atoms with E-state index in [-0.39, 0.29) is 0 Å². The van der Waals surface area contributed by atoms with E-state index >= 15 is 0 Å². The molecule has 2 aliphatic heterocycles. The second-order valence-electron chi connectivity index (χ2n) is 4.60. The maximum atomic E-state index is 5.86. The van der Waals surface area contributed by atoms with Crippen LogP contribution in [0.25, 0.3) is 11.1 Å². The van der Waals surface area contributed by atoms with Crippen LogP contribution in [0.2, 0.25) is 0 Å². The Morgan fingerprint density at radius 1 is 1.11 bits per heavy atom. The number of ether oxygens (including phenoxy) is 2. The average molecular weight is 323 g/mol. The van der Waals surface area contributed by atoms with Gasteiger partial charge in [0.25, 0.3) is 0 Å². The molecule has 2 aliphatic rings. The number of hydrogen-bond donors (Lipinski definition) is 1. The van der Waals surface area contributed by atoms with Gasteiger partial charge in [0.2, 0.25) is 5.88 Å². The lowest BCUT2D eigenvalue weighted by atomic mass is 9.95. The summed E-state index contributed by atoms with van der Waals surface area (Å²) in [4.78, 5) is 0. The molecule has 2 N–H and O–H groups in total. The van der Waals surface area contributed by atoms with E-state index in [0.717, 1.165) is 51.1 Å². The molecule has 5 nitrogen and oxygen atoms in total. The highest BCUT2D eigenvalue weighted by Gasteiger charge is 2.32. The summed E-state index contributed by atoms with van der Waals surface area (Å²) in [5.41, 5.74) is 9.87. The number of halogens is 1. The standard InChI is InChI=1S/C13H11BrN2O3/c14-10-7-2-4-17-11(7)9(6-1-3-18-12(6)10)8-5-16-19-13(8)15/h5H,1-4,15H2. The van der Waals surface area contributed by atoms with Crippen molar-refractivity contribution < 1.29 is 14.0 Å². The quantitative estimate of drug-likeness (QED) is 0.873. The predicted octanol–water partition coefficient (Wildman–Crippen LogP) is 2.56. The minimum atomic E-state index is 0.314. The number of nitrogens with zero attached hydrogens (tertiary/aromatic N) is 1. The van der Waals surface area contributed by atoms with E-state index in [4.69, 9.17) is 19.7 Å². The van der Waals surface area contributed by atoms with Crippen molar-refractivity contribution in [3.8, 4) is 22.6 Å². The molecule has 3 heterocycles. The van der Waals surface area contributed by atoms with Crippen molar-refractivity contribution in [2.45, 2.75) is 12.8 Å². The average Bonchev–Trinajstić information content (AvgIpc) is 3.10. The smallest absolute Gasteiger partial charge is 0.230 e. The van der Waals surface area contributed by atoms with E-state index in [1.165, 1.54) is 0 Å². The van der Waals surface area contributed by atoms with Gasteiger partial charge in [-0.25, -0.2) is 0 Å². The third-order valence-electron chi connectivity index (χ3n) is 3.61. The number of nitrogen functional groups attached to an aromatic ring is 1. The molecule has 1 aromatic carbocycles. The molecule has 19 heavy (non-hydrogen) atoms. The van der Waals surface area contributed by atoms with Gasteiger partial charge in [-0.05, 0) is 15.9 Å². The van der Waals surface area contributed by atoms with Gasteiger partial charge in [0.1, 0.15) is 11.5 Å². The molecular formula is C13H11BrN2O3. The summed E-state index contributed by atoms with van der Waals surface area (Å²) in [6, 6.07) is 0. The molecular weight excluding hydrogens is 312 g/mol. The van der Waals surface area contributed by atoms with Crippen molar-refractivity contribution in [3.05, 3.63) is 21.8 Å². The fourth-order valence-corrected chi connectivity index (χ4v) is 3.51. The summed E-state index contributed by atoms with van der Waals surface area (Å²) in [5, 5.41) is 3.76.